The maximum absolute atomic E-state index is 11.4. The van der Waals surface area contributed by atoms with Crippen LogP contribution in [0.3, 0.4) is 0 Å². The summed E-state index contributed by atoms with van der Waals surface area (Å²) in [6.45, 7) is 7.62. The van der Waals surface area contributed by atoms with Crippen LogP contribution in [0.15, 0.2) is 18.5 Å². The van der Waals surface area contributed by atoms with E-state index in [9.17, 15) is 4.79 Å². The van der Waals surface area contributed by atoms with E-state index < -0.39 is 0 Å². The molecule has 3 N–H and O–H groups in total. The summed E-state index contributed by atoms with van der Waals surface area (Å²) in [6.07, 6.45) is 4.68. The average Bonchev–Trinajstić information content (AvgIpc) is 2.66. The molecule has 1 aromatic heterocycles. The summed E-state index contributed by atoms with van der Waals surface area (Å²) in [6, 6.07) is 1.92. The number of carbonyl (C=O) groups is 1. The summed E-state index contributed by atoms with van der Waals surface area (Å²) >= 11 is 0. The molecule has 0 saturated heterocycles. The van der Waals surface area contributed by atoms with E-state index in [0.29, 0.717) is 13.1 Å². The van der Waals surface area contributed by atoms with Crippen molar-refractivity contribution in [2.24, 2.45) is 5.41 Å². The van der Waals surface area contributed by atoms with Gasteiger partial charge < -0.3 is 15.6 Å². The molecule has 0 atom stereocenters. The largest absolute Gasteiger partial charge is 0.367 e. The van der Waals surface area contributed by atoms with E-state index in [1.165, 1.54) is 5.56 Å². The van der Waals surface area contributed by atoms with Crippen LogP contribution in [0.25, 0.3) is 0 Å². The highest BCUT2D eigenvalue weighted by Gasteiger charge is 2.11. The van der Waals surface area contributed by atoms with Gasteiger partial charge in [0.2, 0.25) is 0 Å². The van der Waals surface area contributed by atoms with Crippen LogP contribution < -0.4 is 10.6 Å². The lowest BCUT2D eigenvalue weighted by molar-refractivity contribution is 0.235. The minimum atomic E-state index is -0.0922. The molecule has 16 heavy (non-hydrogen) atoms. The second-order valence-electron chi connectivity index (χ2n) is 5.14. The number of H-pyrrole nitrogens is 1. The minimum Gasteiger partial charge on any atom is -0.367 e. The van der Waals surface area contributed by atoms with E-state index in [-0.39, 0.29) is 11.4 Å². The molecule has 2 amide bonds. The Morgan fingerprint density at radius 3 is 2.69 bits per heavy atom. The Bertz CT molecular complexity index is 312. The topological polar surface area (TPSA) is 56.9 Å². The number of rotatable bonds is 4. The maximum atomic E-state index is 11.4. The molecule has 0 aromatic carbocycles. The minimum absolute atomic E-state index is 0.0922. The van der Waals surface area contributed by atoms with Crippen molar-refractivity contribution in [1.29, 1.82) is 0 Å². The number of amides is 2. The van der Waals surface area contributed by atoms with Crippen molar-refractivity contribution in [3.05, 3.63) is 24.0 Å². The molecule has 0 aliphatic carbocycles. The highest BCUT2D eigenvalue weighted by atomic mass is 16.2. The van der Waals surface area contributed by atoms with Crippen LogP contribution in [-0.2, 0) is 6.42 Å². The van der Waals surface area contributed by atoms with E-state index in [1.807, 2.05) is 18.5 Å². The van der Waals surface area contributed by atoms with Crippen molar-refractivity contribution >= 4 is 6.03 Å². The molecule has 0 bridgehead atoms. The Kier molecular flexibility index (Phi) is 4.40. The molecule has 0 aliphatic heterocycles. The van der Waals surface area contributed by atoms with Gasteiger partial charge in [0.25, 0.3) is 0 Å². The Balaban J connectivity index is 2.11. The predicted octanol–water partition coefficient (Wildman–Crippen LogP) is 1.90. The first-order valence-corrected chi connectivity index (χ1v) is 5.61. The first kappa shape index (κ1) is 12.6. The Hall–Kier alpha value is -1.45. The number of hydrogen-bond donors (Lipinski definition) is 3. The van der Waals surface area contributed by atoms with Gasteiger partial charge in [-0.1, -0.05) is 20.8 Å². The highest BCUT2D eigenvalue weighted by Crippen LogP contribution is 2.09. The Morgan fingerprint density at radius 1 is 1.38 bits per heavy atom. The molecule has 4 nitrogen and oxygen atoms in total. The summed E-state index contributed by atoms with van der Waals surface area (Å²) in [7, 11) is 0. The Labute approximate surface area is 96.8 Å². The smallest absolute Gasteiger partial charge is 0.314 e. The fraction of sp³-hybridized carbons (Fsp3) is 0.583. The fourth-order valence-corrected chi connectivity index (χ4v) is 1.24. The van der Waals surface area contributed by atoms with Gasteiger partial charge in [0.15, 0.2) is 0 Å². The molecule has 0 aliphatic rings. The van der Waals surface area contributed by atoms with E-state index >= 15 is 0 Å². The predicted molar refractivity (Wildman–Crippen MR) is 65.4 cm³/mol. The third kappa shape index (κ3) is 5.44. The molecule has 90 valence electrons. The number of nitrogens with one attached hydrogen (secondary N) is 3. The zero-order valence-electron chi connectivity index (χ0n) is 10.3. The normalized spacial score (nSPS) is 11.2. The van der Waals surface area contributed by atoms with Gasteiger partial charge in [-0.2, -0.15) is 0 Å². The monoisotopic (exact) mass is 223 g/mol. The summed E-state index contributed by atoms with van der Waals surface area (Å²) < 4.78 is 0. The third-order valence-electron chi connectivity index (χ3n) is 2.14. The lowest BCUT2D eigenvalue weighted by atomic mass is 9.97. The molecule has 4 heteroatoms. The van der Waals surface area contributed by atoms with Crippen LogP contribution in [0.1, 0.15) is 26.3 Å². The van der Waals surface area contributed by atoms with Crippen molar-refractivity contribution in [2.45, 2.75) is 27.2 Å². The number of aromatic amines is 1. The SMILES string of the molecule is CC(C)(C)CNC(=O)NCCc1cc[nH]c1. The number of carbonyl (C=O) groups excluding carboxylic acids is 1. The molecule has 1 rings (SSSR count). The number of hydrogen-bond acceptors (Lipinski definition) is 1. The van der Waals surface area contributed by atoms with Crippen LogP contribution >= 0.6 is 0 Å². The second kappa shape index (κ2) is 5.58. The van der Waals surface area contributed by atoms with Gasteiger partial charge in [-0.05, 0) is 23.5 Å². The van der Waals surface area contributed by atoms with E-state index in [4.69, 9.17) is 0 Å². The zero-order valence-corrected chi connectivity index (χ0v) is 10.3. The van der Waals surface area contributed by atoms with Gasteiger partial charge in [-0.15, -0.1) is 0 Å². The Morgan fingerprint density at radius 2 is 2.12 bits per heavy atom. The average molecular weight is 223 g/mol. The van der Waals surface area contributed by atoms with Crippen LogP contribution in [-0.4, -0.2) is 24.1 Å². The lowest BCUT2D eigenvalue weighted by Crippen LogP contribution is -2.40. The molecular formula is C12H21N3O. The van der Waals surface area contributed by atoms with Crippen LogP contribution in [0, 0.1) is 5.41 Å². The first-order chi connectivity index (χ1) is 7.47. The fourth-order valence-electron chi connectivity index (χ4n) is 1.24. The van der Waals surface area contributed by atoms with Crippen molar-refractivity contribution in [2.75, 3.05) is 13.1 Å². The molecule has 0 fully saturated rings. The van der Waals surface area contributed by atoms with Gasteiger partial charge in [-0.3, -0.25) is 0 Å². The van der Waals surface area contributed by atoms with Crippen molar-refractivity contribution < 1.29 is 4.79 Å². The van der Waals surface area contributed by atoms with Crippen LogP contribution in [0.2, 0.25) is 0 Å². The van der Waals surface area contributed by atoms with Crippen LogP contribution in [0.4, 0.5) is 4.79 Å². The molecule has 0 unspecified atom stereocenters. The molecule has 0 radical (unpaired) electrons. The summed E-state index contributed by atoms with van der Waals surface area (Å²) in [4.78, 5) is 14.4. The molecular weight excluding hydrogens is 202 g/mol. The van der Waals surface area contributed by atoms with Crippen molar-refractivity contribution in [1.82, 2.24) is 15.6 Å². The molecule has 0 spiro atoms. The molecule has 1 heterocycles. The quantitative estimate of drug-likeness (QED) is 0.717. The standard InChI is InChI=1S/C12H21N3O/c1-12(2,3)9-15-11(16)14-7-5-10-4-6-13-8-10/h4,6,8,13H,5,7,9H2,1-3H3,(H2,14,15,16). The van der Waals surface area contributed by atoms with E-state index in [2.05, 4.69) is 36.4 Å². The van der Waals surface area contributed by atoms with Gasteiger partial charge in [-0.25, -0.2) is 4.79 Å². The number of aromatic nitrogens is 1. The van der Waals surface area contributed by atoms with E-state index in [0.717, 1.165) is 6.42 Å². The molecule has 1 aromatic rings. The summed E-state index contributed by atoms with van der Waals surface area (Å²) in [5.74, 6) is 0. The third-order valence-corrected chi connectivity index (χ3v) is 2.14. The van der Waals surface area contributed by atoms with Gasteiger partial charge in [0.05, 0.1) is 0 Å². The van der Waals surface area contributed by atoms with Gasteiger partial charge >= 0.3 is 6.03 Å². The van der Waals surface area contributed by atoms with Crippen molar-refractivity contribution in [3.63, 3.8) is 0 Å². The second-order valence-corrected chi connectivity index (χ2v) is 5.14. The maximum Gasteiger partial charge on any atom is 0.314 e. The molecule has 0 saturated carbocycles. The van der Waals surface area contributed by atoms with E-state index in [1.54, 1.807) is 0 Å². The van der Waals surface area contributed by atoms with Crippen molar-refractivity contribution in [3.8, 4) is 0 Å². The zero-order chi connectivity index (χ0) is 12.0. The highest BCUT2D eigenvalue weighted by molar-refractivity contribution is 5.73. The summed E-state index contributed by atoms with van der Waals surface area (Å²) in [5.41, 5.74) is 1.33. The lowest BCUT2D eigenvalue weighted by Gasteiger charge is -2.18. The van der Waals surface area contributed by atoms with Gasteiger partial charge in [0, 0.05) is 25.5 Å². The first-order valence-electron chi connectivity index (χ1n) is 5.61. The van der Waals surface area contributed by atoms with Gasteiger partial charge in [0.1, 0.15) is 0 Å². The number of urea groups is 1. The summed E-state index contributed by atoms with van der Waals surface area (Å²) in [5, 5.41) is 5.67. The van der Waals surface area contributed by atoms with Crippen LogP contribution in [0.5, 0.6) is 0 Å².